The summed E-state index contributed by atoms with van der Waals surface area (Å²) in [7, 11) is 1.34. The Kier molecular flexibility index (Phi) is 24.3. The van der Waals surface area contributed by atoms with Gasteiger partial charge >= 0.3 is 37.7 Å². The molecule has 0 aliphatic carbocycles. The van der Waals surface area contributed by atoms with Gasteiger partial charge in [0.2, 0.25) is 23.7 Å². The molecule has 3 saturated heterocycles. The van der Waals surface area contributed by atoms with Crippen LogP contribution in [0.15, 0.2) is 46.5 Å². The van der Waals surface area contributed by atoms with E-state index in [1.807, 2.05) is 0 Å². The summed E-state index contributed by atoms with van der Waals surface area (Å²) in [4.78, 5) is 173. The lowest BCUT2D eigenvalue weighted by molar-refractivity contribution is -0.143. The van der Waals surface area contributed by atoms with E-state index in [0.29, 0.717) is 11.1 Å². The molecule has 4 aromatic heterocycles. The van der Waals surface area contributed by atoms with Crippen molar-refractivity contribution in [2.75, 3.05) is 58.0 Å². The van der Waals surface area contributed by atoms with Crippen LogP contribution in [0.1, 0.15) is 76.5 Å². The van der Waals surface area contributed by atoms with Crippen molar-refractivity contribution in [1.29, 1.82) is 0 Å². The number of carbonyl (C=O) groups excluding carboxylic acids is 7. The molecule has 95 heavy (non-hydrogen) atoms. The van der Waals surface area contributed by atoms with Crippen LogP contribution in [-0.4, -0.2) is 201 Å². The van der Waals surface area contributed by atoms with Crippen LogP contribution in [0.25, 0.3) is 22.3 Å². The molecule has 3 fully saturated rings. The van der Waals surface area contributed by atoms with Gasteiger partial charge in [-0.3, -0.25) is 61.7 Å². The highest BCUT2D eigenvalue weighted by Crippen LogP contribution is 2.54. The van der Waals surface area contributed by atoms with Gasteiger partial charge in [0.15, 0.2) is 46.7 Å². The fraction of sp³-hybridized carbons (Fsp3) is 0.547. The number of rotatable bonds is 26. The summed E-state index contributed by atoms with van der Waals surface area (Å²) in [5.41, 5.74) is 15.7. The SMILES string of the molecule is CC(CC(=O)NCCC(=O)C[C@H](C(=O)N[C@@H](CCCNC(N)=O)C(=O)Cc1ccc(COC(=O)N(C)CCOC(=O)O[C@@H]2[C@@H]3OP(O)(=S)OC[C@H]4O[C@@H](n5cnc6c(=O)[nH]c(N)nc65)[C@H](O)[C@@H]4OP(O)(=S)OC[C@H]3O[C@H]2n2cnc3c(=O)[nH]c(N)nc32)cc1)C(C)C)C(=O)O. The first-order valence-corrected chi connectivity index (χ1v) is 34.5. The Morgan fingerprint density at radius 2 is 1.38 bits per heavy atom. The van der Waals surface area contributed by atoms with E-state index in [1.54, 1.807) is 38.1 Å². The Hall–Kier alpha value is -7.98. The predicted molar refractivity (Wildman–Crippen MR) is 334 cm³/mol. The summed E-state index contributed by atoms with van der Waals surface area (Å²) in [5, 5.41) is 28.4. The van der Waals surface area contributed by atoms with Gasteiger partial charge < -0.3 is 90.8 Å². The van der Waals surface area contributed by atoms with E-state index in [1.165, 1.54) is 18.5 Å². The third-order valence-corrected chi connectivity index (χ3v) is 18.3. The van der Waals surface area contributed by atoms with Crippen LogP contribution in [0, 0.1) is 17.8 Å². The molecular weight excluding hydrogens is 1340 g/mol. The summed E-state index contributed by atoms with van der Waals surface area (Å²) in [5.74, 6) is -5.71. The predicted octanol–water partition coefficient (Wildman–Crippen LogP) is -0.492. The lowest BCUT2D eigenvalue weighted by Gasteiger charge is -2.31. The molecule has 38 nitrogen and oxygen atoms in total. The molecule has 7 heterocycles. The summed E-state index contributed by atoms with van der Waals surface area (Å²) >= 11 is 10.8. The number of ether oxygens (including phenoxy) is 5. The van der Waals surface area contributed by atoms with Crippen molar-refractivity contribution >= 4 is 119 Å². The number of H-pyrrole nitrogens is 2. The number of hydrogen-bond donors (Lipinski definition) is 12. The van der Waals surface area contributed by atoms with Gasteiger partial charge in [-0.05, 0) is 53.5 Å². The van der Waals surface area contributed by atoms with E-state index in [4.69, 9.17) is 87.7 Å². The molecule has 15 N–H and O–H groups in total. The summed E-state index contributed by atoms with van der Waals surface area (Å²) in [6.07, 6.45) is -13.2. The van der Waals surface area contributed by atoms with Crippen molar-refractivity contribution < 1.29 is 100 Å². The molecule has 42 heteroatoms. The lowest BCUT2D eigenvalue weighted by Crippen LogP contribution is -2.46. The third-order valence-electron chi connectivity index (χ3n) is 15.2. The van der Waals surface area contributed by atoms with Crippen LogP contribution in [0.4, 0.5) is 26.3 Å². The fourth-order valence-corrected chi connectivity index (χ4v) is 13.1. The highest BCUT2D eigenvalue weighted by Gasteiger charge is 2.55. The minimum absolute atomic E-state index is 0.0609. The van der Waals surface area contributed by atoms with Crippen LogP contribution in [0.3, 0.4) is 0 Å². The lowest BCUT2D eigenvalue weighted by atomic mass is 9.88. The summed E-state index contributed by atoms with van der Waals surface area (Å²) in [6, 6.07) is 4.61. The number of likely N-dealkylation sites (N-methyl/N-ethyl adjacent to an activating group) is 1. The van der Waals surface area contributed by atoms with Crippen molar-refractivity contribution in [1.82, 2.24) is 59.9 Å². The van der Waals surface area contributed by atoms with E-state index >= 15 is 0 Å². The quantitative estimate of drug-likeness (QED) is 0.0189. The van der Waals surface area contributed by atoms with Crippen LogP contribution >= 0.6 is 13.4 Å². The zero-order chi connectivity index (χ0) is 69.2. The maximum Gasteiger partial charge on any atom is 0.508 e. The molecule has 3 unspecified atom stereocenters. The highest BCUT2D eigenvalue weighted by atomic mass is 32.5. The number of aliphatic hydroxyl groups excluding tert-OH is 1. The van der Waals surface area contributed by atoms with E-state index in [9.17, 15) is 62.8 Å². The number of nitrogens with zero attached hydrogens (tertiary/aromatic N) is 7. The molecule has 1 aromatic carbocycles. The number of anilines is 2. The topological polar surface area (TPSA) is 545 Å². The van der Waals surface area contributed by atoms with E-state index in [2.05, 4.69) is 45.9 Å². The Morgan fingerprint density at radius 3 is 1.97 bits per heavy atom. The summed E-state index contributed by atoms with van der Waals surface area (Å²) in [6.45, 7) is -6.68. The Labute approximate surface area is 548 Å². The number of Topliss-reactive ketones (excluding diaryl/α,β-unsaturated/α-hetero) is 2. The second-order valence-electron chi connectivity index (χ2n) is 22.6. The number of imidazole rings is 2. The number of aliphatic hydroxyl groups is 1. The van der Waals surface area contributed by atoms with Crippen LogP contribution in [0.5, 0.6) is 0 Å². The molecular formula is C53H71N15O23P2S2. The molecule has 8 rings (SSSR count). The smallest absolute Gasteiger partial charge is 0.481 e. The maximum absolute atomic E-state index is 13.8. The first-order chi connectivity index (χ1) is 44.9. The largest absolute Gasteiger partial charge is 0.508 e. The molecule has 0 radical (unpaired) electrons. The number of carboxylic acids is 1. The summed E-state index contributed by atoms with van der Waals surface area (Å²) < 4.78 is 54.6. The van der Waals surface area contributed by atoms with Gasteiger partial charge in [-0.1, -0.05) is 45.0 Å². The number of aromatic amines is 2. The first-order valence-electron chi connectivity index (χ1n) is 29.3. The maximum atomic E-state index is 13.8. The van der Waals surface area contributed by atoms with Gasteiger partial charge in [0.25, 0.3) is 11.1 Å². The van der Waals surface area contributed by atoms with Crippen molar-refractivity contribution in [2.24, 2.45) is 23.5 Å². The molecule has 5 aromatic rings. The normalized spacial score (nSPS) is 24.6. The number of ketones is 2. The number of benzene rings is 1. The van der Waals surface area contributed by atoms with Gasteiger partial charge in [0, 0.05) is 51.7 Å². The molecule has 0 saturated carbocycles. The van der Waals surface area contributed by atoms with Crippen molar-refractivity contribution in [3.05, 3.63) is 68.8 Å². The first kappa shape index (κ1) is 72.8. The zero-order valence-electron chi connectivity index (χ0n) is 51.2. The Bertz CT molecular complexity index is 3890. The number of nitrogen functional groups attached to an aromatic ring is 2. The molecule has 0 spiro atoms. The molecule has 3 aliphatic heterocycles. The monoisotopic (exact) mass is 1410 g/mol. The van der Waals surface area contributed by atoms with Crippen LogP contribution in [0.2, 0.25) is 0 Å². The van der Waals surface area contributed by atoms with Gasteiger partial charge in [0.05, 0.1) is 44.4 Å². The van der Waals surface area contributed by atoms with Crippen molar-refractivity contribution in [2.45, 2.75) is 121 Å². The van der Waals surface area contributed by atoms with E-state index in [0.717, 1.165) is 22.1 Å². The minimum Gasteiger partial charge on any atom is -0.481 e. The number of aromatic nitrogens is 8. The van der Waals surface area contributed by atoms with Crippen molar-refractivity contribution in [3.63, 3.8) is 0 Å². The number of aliphatic carboxylic acids is 1. The highest BCUT2D eigenvalue weighted by molar-refractivity contribution is 8.07. The third kappa shape index (κ3) is 19.2. The molecule has 518 valence electrons. The van der Waals surface area contributed by atoms with Crippen LogP contribution < -0.4 is 44.3 Å². The molecule has 5 amide bonds. The van der Waals surface area contributed by atoms with E-state index in [-0.39, 0.29) is 111 Å². The number of urea groups is 1. The second-order valence-corrected chi connectivity index (χ2v) is 28.2. The minimum atomic E-state index is -4.57. The number of carboxylic acid groups (broad SMARTS) is 1. The van der Waals surface area contributed by atoms with Gasteiger partial charge in [-0.15, -0.1) is 0 Å². The fourth-order valence-electron chi connectivity index (χ4n) is 10.2. The second kappa shape index (κ2) is 31.7. The Morgan fingerprint density at radius 1 is 0.811 bits per heavy atom. The zero-order valence-corrected chi connectivity index (χ0v) is 54.6. The number of primary amides is 1. The number of nitrogens with one attached hydrogen (secondary N) is 5. The van der Waals surface area contributed by atoms with E-state index < -0.39 is 153 Å². The average Bonchev–Trinajstić information content (AvgIpc) is 1.62. The van der Waals surface area contributed by atoms with Gasteiger partial charge in [-0.25, -0.2) is 24.4 Å². The standard InChI is InChI=1S/C53H71N15O23P2S2/c1-24(2)29(18-28(69)11-13-57-34(71)16-25(3)48(76)77)43(73)61-30(6-5-12-58-51(56)78)31(70)17-26-7-9-27(10-8-26)19-84-52(79)66(4)14-15-83-53(80)89-40-39-33(88-47(40)68-23-60-36-42(68)63-50(55)65-45(36)75)21-86-92(81,94)90-38-32(20-85-93(82,95)91-39)87-46(37(38)72)67-22-59-35-41(67)62-49(54)64-44(35)74/h7-10,22-25,29-30,32-33,37-40,46-47,72H,5-6,11-21H2,1-4H3,(H,57,71)(H,61,73)(H,76,77)(H,81,94)(H,82,95)(H3,56,58,78)(H3,54,62,64,74)(H3,55,63,65,75)/t25?,29-,30-,32+,33+,37+,38+,39+,40+,46+,47+,92?,93?/m0/s1. The molecule has 3 aliphatic rings. The number of carbonyl (C=O) groups is 8. The van der Waals surface area contributed by atoms with Gasteiger partial charge in [-0.2, -0.15) is 9.97 Å². The van der Waals surface area contributed by atoms with Crippen molar-refractivity contribution in [3.8, 4) is 0 Å². The number of nitrogens with two attached hydrogens (primary N) is 3. The van der Waals surface area contributed by atoms with Gasteiger partial charge in [0.1, 0.15) is 49.5 Å². The Balaban J connectivity index is 0.871. The van der Waals surface area contributed by atoms with Crippen LogP contribution in [-0.2, 0) is 102 Å². The molecule has 13 atom stereocenters. The number of hydrogen-bond acceptors (Lipinski definition) is 28. The average molecular weight is 1410 g/mol. The molecule has 0 bridgehead atoms. The number of fused-ring (bicyclic) bond motifs is 4. The number of amides is 5.